The Balaban J connectivity index is 2.29. The molecule has 0 aliphatic rings. The van der Waals surface area contributed by atoms with Gasteiger partial charge in [-0.15, -0.1) is 0 Å². The first-order valence-electron chi connectivity index (χ1n) is 7.47. The normalized spacial score (nSPS) is 11.7. The van der Waals surface area contributed by atoms with Gasteiger partial charge in [0.15, 0.2) is 0 Å². The Morgan fingerprint density at radius 1 is 0.913 bits per heavy atom. The minimum Gasteiger partial charge on any atom is -0.294 e. The molecule has 0 radical (unpaired) electrons. The van der Waals surface area contributed by atoms with E-state index in [2.05, 4.69) is 10.2 Å². The highest BCUT2D eigenvalue weighted by molar-refractivity contribution is 6.06. The summed E-state index contributed by atoms with van der Waals surface area (Å²) in [5, 5.41) is 11.0. The van der Waals surface area contributed by atoms with Gasteiger partial charge in [0, 0.05) is 19.5 Å². The van der Waals surface area contributed by atoms with E-state index in [-0.39, 0.29) is 5.56 Å². The molecule has 0 atom stereocenters. The highest BCUT2D eigenvalue weighted by Gasteiger charge is 2.21. The lowest BCUT2D eigenvalue weighted by molar-refractivity contribution is 0.766. The molecule has 0 spiro atoms. The maximum Gasteiger partial charge on any atom is 0.278 e. The van der Waals surface area contributed by atoms with Crippen molar-refractivity contribution < 1.29 is 0 Å². The van der Waals surface area contributed by atoms with Gasteiger partial charge in [0.2, 0.25) is 0 Å². The van der Waals surface area contributed by atoms with Crippen molar-refractivity contribution in [3.8, 4) is 5.69 Å². The summed E-state index contributed by atoms with van der Waals surface area (Å²) in [6.07, 6.45) is 0. The van der Waals surface area contributed by atoms with E-state index in [0.29, 0.717) is 5.52 Å². The van der Waals surface area contributed by atoms with Crippen molar-refractivity contribution in [2.45, 2.75) is 13.8 Å². The molecule has 116 valence electrons. The van der Waals surface area contributed by atoms with Crippen LogP contribution in [-0.2, 0) is 14.1 Å². The Hall–Kier alpha value is -2.89. The second-order valence-electron chi connectivity index (χ2n) is 5.83. The summed E-state index contributed by atoms with van der Waals surface area (Å²) in [5.74, 6) is 0. The average Bonchev–Trinajstić information content (AvgIpc) is 3.03. The fourth-order valence-corrected chi connectivity index (χ4v) is 3.32. The fourth-order valence-electron chi connectivity index (χ4n) is 3.32. The van der Waals surface area contributed by atoms with Crippen LogP contribution in [-0.4, -0.2) is 24.1 Å². The summed E-state index contributed by atoms with van der Waals surface area (Å²) < 4.78 is 5.15. The van der Waals surface area contributed by atoms with Crippen molar-refractivity contribution in [3.05, 3.63) is 52.1 Å². The molecule has 0 bridgehead atoms. The molecule has 6 heteroatoms. The van der Waals surface area contributed by atoms with Gasteiger partial charge in [-0.2, -0.15) is 10.2 Å². The lowest BCUT2D eigenvalue weighted by atomic mass is 10.1. The maximum absolute atomic E-state index is 12.8. The maximum atomic E-state index is 12.8. The predicted molar refractivity (Wildman–Crippen MR) is 90.1 cm³/mol. The van der Waals surface area contributed by atoms with Crippen LogP contribution >= 0.6 is 0 Å². The van der Waals surface area contributed by atoms with Crippen LogP contribution in [0.2, 0.25) is 0 Å². The highest BCUT2D eigenvalue weighted by Crippen LogP contribution is 2.29. The van der Waals surface area contributed by atoms with Gasteiger partial charge in [0.05, 0.1) is 22.5 Å². The quantitative estimate of drug-likeness (QED) is 0.542. The molecular weight excluding hydrogens is 290 g/mol. The molecular formula is C17H17N5O. The summed E-state index contributed by atoms with van der Waals surface area (Å²) in [6.45, 7) is 3.90. The molecule has 0 fully saturated rings. The summed E-state index contributed by atoms with van der Waals surface area (Å²) in [5.41, 5.74) is 4.02. The number of hydrogen-bond donors (Lipinski definition) is 0. The van der Waals surface area contributed by atoms with Crippen molar-refractivity contribution in [1.82, 2.24) is 24.1 Å². The van der Waals surface area contributed by atoms with Crippen LogP contribution in [0, 0.1) is 13.8 Å². The van der Waals surface area contributed by atoms with E-state index in [0.717, 1.165) is 33.5 Å². The molecule has 4 aromatic rings. The molecule has 6 nitrogen and oxygen atoms in total. The van der Waals surface area contributed by atoms with E-state index in [9.17, 15) is 4.79 Å². The largest absolute Gasteiger partial charge is 0.294 e. The first-order chi connectivity index (χ1) is 11.0. The van der Waals surface area contributed by atoms with E-state index >= 15 is 0 Å². The third-order valence-electron chi connectivity index (χ3n) is 4.33. The number of rotatable bonds is 1. The van der Waals surface area contributed by atoms with Gasteiger partial charge in [-0.25, -0.2) is 4.68 Å². The highest BCUT2D eigenvalue weighted by atomic mass is 16.1. The molecule has 3 heterocycles. The van der Waals surface area contributed by atoms with Gasteiger partial charge in [-0.3, -0.25) is 14.0 Å². The Bertz CT molecular complexity index is 1120. The number of hydrogen-bond acceptors (Lipinski definition) is 3. The molecule has 3 aromatic heterocycles. The van der Waals surface area contributed by atoms with Crippen LogP contribution in [0.3, 0.4) is 0 Å². The van der Waals surface area contributed by atoms with Crippen molar-refractivity contribution in [2.75, 3.05) is 0 Å². The lowest BCUT2D eigenvalue weighted by Crippen LogP contribution is -2.21. The first-order valence-corrected chi connectivity index (χ1v) is 7.47. The van der Waals surface area contributed by atoms with E-state index in [1.54, 1.807) is 23.3 Å². The molecule has 0 aliphatic carbocycles. The van der Waals surface area contributed by atoms with Crippen LogP contribution < -0.4 is 5.56 Å². The van der Waals surface area contributed by atoms with E-state index in [1.807, 2.05) is 48.9 Å². The summed E-state index contributed by atoms with van der Waals surface area (Å²) in [6, 6.07) is 9.85. The molecule has 0 N–H and O–H groups in total. The van der Waals surface area contributed by atoms with Crippen molar-refractivity contribution in [2.24, 2.45) is 14.1 Å². The number of aryl methyl sites for hydroxylation is 4. The fraction of sp³-hybridized carbons (Fsp3) is 0.235. The van der Waals surface area contributed by atoms with Gasteiger partial charge in [0.1, 0.15) is 11.2 Å². The molecule has 23 heavy (non-hydrogen) atoms. The summed E-state index contributed by atoms with van der Waals surface area (Å²) >= 11 is 0. The van der Waals surface area contributed by atoms with Crippen molar-refractivity contribution >= 4 is 21.9 Å². The third kappa shape index (κ3) is 1.72. The standard InChI is InChI=1S/C17H17N5O/c1-10-13-14-11(2)19-22(12-8-6-5-7-9-12)16(14)20(3)17(23)15(13)21(4)18-10/h5-9H,1-4H3. The summed E-state index contributed by atoms with van der Waals surface area (Å²) in [7, 11) is 3.59. The second-order valence-corrected chi connectivity index (χ2v) is 5.83. The predicted octanol–water partition coefficient (Wildman–Crippen LogP) is 2.23. The number of pyridine rings is 1. The Labute approximate surface area is 132 Å². The van der Waals surface area contributed by atoms with E-state index < -0.39 is 0 Å². The van der Waals surface area contributed by atoms with Crippen LogP contribution in [0.1, 0.15) is 11.4 Å². The van der Waals surface area contributed by atoms with Crippen molar-refractivity contribution in [1.29, 1.82) is 0 Å². The number of benzene rings is 1. The smallest absolute Gasteiger partial charge is 0.278 e. The van der Waals surface area contributed by atoms with Crippen LogP contribution in [0.25, 0.3) is 27.6 Å². The number of para-hydroxylation sites is 1. The zero-order chi connectivity index (χ0) is 16.3. The van der Waals surface area contributed by atoms with Gasteiger partial charge in [-0.1, -0.05) is 18.2 Å². The number of fused-ring (bicyclic) bond motifs is 3. The van der Waals surface area contributed by atoms with Gasteiger partial charge >= 0.3 is 0 Å². The zero-order valence-corrected chi connectivity index (χ0v) is 13.5. The molecule has 1 aromatic carbocycles. The minimum atomic E-state index is -0.0623. The van der Waals surface area contributed by atoms with Gasteiger partial charge < -0.3 is 0 Å². The van der Waals surface area contributed by atoms with Crippen LogP contribution in [0.5, 0.6) is 0 Å². The first kappa shape index (κ1) is 13.8. The van der Waals surface area contributed by atoms with Gasteiger partial charge in [-0.05, 0) is 26.0 Å². The Kier molecular flexibility index (Phi) is 2.72. The molecule has 4 rings (SSSR count). The Morgan fingerprint density at radius 3 is 2.26 bits per heavy atom. The van der Waals surface area contributed by atoms with Crippen LogP contribution in [0.15, 0.2) is 35.1 Å². The van der Waals surface area contributed by atoms with Crippen molar-refractivity contribution in [3.63, 3.8) is 0 Å². The average molecular weight is 307 g/mol. The number of nitrogens with zero attached hydrogens (tertiary/aromatic N) is 5. The number of aromatic nitrogens is 5. The molecule has 0 aliphatic heterocycles. The third-order valence-corrected chi connectivity index (χ3v) is 4.33. The minimum absolute atomic E-state index is 0.0623. The van der Waals surface area contributed by atoms with Gasteiger partial charge in [0.25, 0.3) is 5.56 Å². The molecule has 0 saturated heterocycles. The molecule has 0 unspecified atom stereocenters. The molecule has 0 amide bonds. The summed E-state index contributed by atoms with van der Waals surface area (Å²) in [4.78, 5) is 12.8. The van der Waals surface area contributed by atoms with Crippen LogP contribution in [0.4, 0.5) is 0 Å². The van der Waals surface area contributed by atoms with E-state index in [4.69, 9.17) is 0 Å². The van der Waals surface area contributed by atoms with E-state index in [1.165, 1.54) is 0 Å². The monoisotopic (exact) mass is 307 g/mol. The lowest BCUT2D eigenvalue weighted by Gasteiger charge is -2.08. The SMILES string of the molecule is Cc1nn(C)c2c(=O)n(C)c3c(c(C)nn3-c3ccccc3)c12. The topological polar surface area (TPSA) is 57.6 Å². The zero-order valence-electron chi connectivity index (χ0n) is 13.5. The molecule has 0 saturated carbocycles. The Morgan fingerprint density at radius 2 is 1.57 bits per heavy atom. The second kappa shape index (κ2) is 4.55.